The maximum atomic E-state index is 11.6. The Morgan fingerprint density at radius 3 is 2.45 bits per heavy atom. The van der Waals surface area contributed by atoms with E-state index in [0.717, 1.165) is 0 Å². The largest absolute Gasteiger partial charge is 0.493 e. The van der Waals surface area contributed by atoms with Crippen LogP contribution in [0.2, 0.25) is 5.02 Å². The molecule has 0 fully saturated rings. The lowest BCUT2D eigenvalue weighted by atomic mass is 10.2. The molecule has 120 valence electrons. The second kappa shape index (κ2) is 8.94. The monoisotopic (exact) mass is 326 g/mol. The number of carbonyl (C=O) groups is 2. The molecule has 2 amide bonds. The van der Waals surface area contributed by atoms with Gasteiger partial charge in [0.1, 0.15) is 0 Å². The van der Waals surface area contributed by atoms with Crippen molar-refractivity contribution in [3.05, 3.63) is 28.8 Å². The van der Waals surface area contributed by atoms with Crippen molar-refractivity contribution in [2.45, 2.75) is 6.92 Å². The van der Waals surface area contributed by atoms with Gasteiger partial charge in [0.05, 0.1) is 19.2 Å². The van der Waals surface area contributed by atoms with Crippen LogP contribution in [-0.2, 0) is 9.59 Å². The highest BCUT2D eigenvalue weighted by Gasteiger charge is 2.09. The molecule has 1 aromatic rings. The van der Waals surface area contributed by atoms with Crippen LogP contribution >= 0.6 is 11.6 Å². The Kier molecular flexibility index (Phi) is 7.25. The molecule has 0 aliphatic rings. The average Bonchev–Trinajstić information content (AvgIpc) is 2.48. The number of methoxy groups -OCH3 is 2. The molecule has 1 aromatic carbocycles. The first-order valence-corrected chi connectivity index (χ1v) is 6.97. The van der Waals surface area contributed by atoms with E-state index in [1.807, 2.05) is 0 Å². The summed E-state index contributed by atoms with van der Waals surface area (Å²) in [7, 11) is 3.01. The van der Waals surface area contributed by atoms with E-state index in [0.29, 0.717) is 35.2 Å². The van der Waals surface area contributed by atoms with Gasteiger partial charge in [-0.3, -0.25) is 9.59 Å². The van der Waals surface area contributed by atoms with Crippen LogP contribution in [0.25, 0.3) is 6.08 Å². The fraction of sp³-hybridized carbons (Fsp3) is 0.333. The van der Waals surface area contributed by atoms with Gasteiger partial charge in [0, 0.05) is 26.1 Å². The summed E-state index contributed by atoms with van der Waals surface area (Å²) in [6.07, 6.45) is 2.99. The number of nitrogens with one attached hydrogen (secondary N) is 2. The van der Waals surface area contributed by atoms with Crippen molar-refractivity contribution in [2.75, 3.05) is 27.3 Å². The molecule has 0 heterocycles. The molecule has 0 unspecified atom stereocenters. The van der Waals surface area contributed by atoms with Crippen molar-refractivity contribution < 1.29 is 19.1 Å². The maximum absolute atomic E-state index is 11.6. The lowest BCUT2D eigenvalue weighted by molar-refractivity contribution is -0.119. The van der Waals surface area contributed by atoms with Gasteiger partial charge in [-0.1, -0.05) is 11.6 Å². The van der Waals surface area contributed by atoms with E-state index in [1.54, 1.807) is 18.2 Å². The predicted molar refractivity (Wildman–Crippen MR) is 85.3 cm³/mol. The zero-order valence-corrected chi connectivity index (χ0v) is 13.5. The van der Waals surface area contributed by atoms with Gasteiger partial charge in [0.15, 0.2) is 11.5 Å². The highest BCUT2D eigenvalue weighted by Crippen LogP contribution is 2.36. The van der Waals surface area contributed by atoms with Gasteiger partial charge in [0.2, 0.25) is 11.8 Å². The Labute approximate surface area is 134 Å². The SMILES string of the molecule is COc1cc(/C=C/C(=O)NCCNC(C)=O)cc(Cl)c1OC. The number of ether oxygens (including phenoxy) is 2. The summed E-state index contributed by atoms with van der Waals surface area (Å²) < 4.78 is 10.3. The maximum Gasteiger partial charge on any atom is 0.244 e. The molecule has 0 aromatic heterocycles. The highest BCUT2D eigenvalue weighted by molar-refractivity contribution is 6.32. The fourth-order valence-electron chi connectivity index (χ4n) is 1.69. The number of halogens is 1. The summed E-state index contributed by atoms with van der Waals surface area (Å²) >= 11 is 6.08. The molecule has 0 spiro atoms. The summed E-state index contributed by atoms with van der Waals surface area (Å²) in [6.45, 7) is 2.16. The zero-order valence-electron chi connectivity index (χ0n) is 12.7. The average molecular weight is 327 g/mol. The number of carbonyl (C=O) groups excluding carboxylic acids is 2. The Balaban J connectivity index is 2.64. The normalized spacial score (nSPS) is 10.4. The number of benzene rings is 1. The van der Waals surface area contributed by atoms with Crippen molar-refractivity contribution in [3.63, 3.8) is 0 Å². The van der Waals surface area contributed by atoms with Crippen molar-refractivity contribution in [2.24, 2.45) is 0 Å². The Hall–Kier alpha value is -2.21. The summed E-state index contributed by atoms with van der Waals surface area (Å²) in [6, 6.07) is 3.38. The van der Waals surface area contributed by atoms with E-state index < -0.39 is 0 Å². The van der Waals surface area contributed by atoms with Gasteiger partial charge >= 0.3 is 0 Å². The molecular formula is C15H19ClN2O4. The summed E-state index contributed by atoms with van der Waals surface area (Å²) in [4.78, 5) is 22.3. The van der Waals surface area contributed by atoms with Crippen molar-refractivity contribution in [1.29, 1.82) is 0 Å². The van der Waals surface area contributed by atoms with Crippen LogP contribution in [0.5, 0.6) is 11.5 Å². The molecule has 0 saturated carbocycles. The minimum atomic E-state index is -0.267. The first-order valence-electron chi connectivity index (χ1n) is 6.59. The van der Waals surface area contributed by atoms with E-state index in [2.05, 4.69) is 10.6 Å². The van der Waals surface area contributed by atoms with E-state index >= 15 is 0 Å². The predicted octanol–water partition coefficient (Wildman–Crippen LogP) is 1.62. The van der Waals surface area contributed by atoms with Crippen LogP contribution in [0, 0.1) is 0 Å². The lowest BCUT2D eigenvalue weighted by Gasteiger charge is -2.10. The van der Waals surface area contributed by atoms with Crippen LogP contribution < -0.4 is 20.1 Å². The number of hydrogen-bond acceptors (Lipinski definition) is 4. The molecule has 0 saturated heterocycles. The first kappa shape index (κ1) is 17.8. The Morgan fingerprint density at radius 2 is 1.86 bits per heavy atom. The third-order valence-electron chi connectivity index (χ3n) is 2.68. The van der Waals surface area contributed by atoms with E-state index in [1.165, 1.54) is 27.2 Å². The van der Waals surface area contributed by atoms with Crippen LogP contribution in [-0.4, -0.2) is 39.1 Å². The number of amides is 2. The fourth-order valence-corrected chi connectivity index (χ4v) is 1.99. The molecular weight excluding hydrogens is 308 g/mol. The molecule has 0 aliphatic heterocycles. The zero-order chi connectivity index (χ0) is 16.5. The molecule has 7 heteroatoms. The van der Waals surface area contributed by atoms with Crippen molar-refractivity contribution in [3.8, 4) is 11.5 Å². The van der Waals surface area contributed by atoms with Gasteiger partial charge in [-0.25, -0.2) is 0 Å². The van der Waals surface area contributed by atoms with E-state index in [4.69, 9.17) is 21.1 Å². The molecule has 0 radical (unpaired) electrons. The third kappa shape index (κ3) is 5.65. The molecule has 2 N–H and O–H groups in total. The van der Waals surface area contributed by atoms with Crippen LogP contribution in [0.15, 0.2) is 18.2 Å². The second-order valence-electron chi connectivity index (χ2n) is 4.35. The molecule has 0 aliphatic carbocycles. The second-order valence-corrected chi connectivity index (χ2v) is 4.75. The van der Waals surface area contributed by atoms with Crippen LogP contribution in [0.1, 0.15) is 12.5 Å². The Morgan fingerprint density at radius 1 is 1.18 bits per heavy atom. The highest BCUT2D eigenvalue weighted by atomic mass is 35.5. The van der Waals surface area contributed by atoms with Gasteiger partial charge < -0.3 is 20.1 Å². The van der Waals surface area contributed by atoms with Gasteiger partial charge in [-0.2, -0.15) is 0 Å². The quantitative estimate of drug-likeness (QED) is 0.589. The van der Waals surface area contributed by atoms with E-state index in [9.17, 15) is 9.59 Å². The van der Waals surface area contributed by atoms with E-state index in [-0.39, 0.29) is 11.8 Å². The summed E-state index contributed by atoms with van der Waals surface area (Å²) in [5.41, 5.74) is 0.708. The first-order chi connectivity index (χ1) is 10.5. The number of rotatable bonds is 7. The van der Waals surface area contributed by atoms with Crippen molar-refractivity contribution in [1.82, 2.24) is 10.6 Å². The van der Waals surface area contributed by atoms with Crippen molar-refractivity contribution >= 4 is 29.5 Å². The van der Waals surface area contributed by atoms with Gasteiger partial charge in [-0.15, -0.1) is 0 Å². The molecule has 6 nitrogen and oxygen atoms in total. The van der Waals surface area contributed by atoms with Gasteiger partial charge in [0.25, 0.3) is 0 Å². The third-order valence-corrected chi connectivity index (χ3v) is 2.96. The smallest absolute Gasteiger partial charge is 0.244 e. The summed E-state index contributed by atoms with van der Waals surface area (Å²) in [5, 5.41) is 5.62. The van der Waals surface area contributed by atoms with Crippen LogP contribution in [0.4, 0.5) is 0 Å². The number of hydrogen-bond donors (Lipinski definition) is 2. The molecule has 22 heavy (non-hydrogen) atoms. The Bertz CT molecular complexity index is 573. The molecule has 0 atom stereocenters. The molecule has 1 rings (SSSR count). The molecule has 0 bridgehead atoms. The topological polar surface area (TPSA) is 76.7 Å². The minimum absolute atomic E-state index is 0.134. The summed E-state index contributed by atoms with van der Waals surface area (Å²) in [5.74, 6) is 0.530. The van der Waals surface area contributed by atoms with Crippen LogP contribution in [0.3, 0.4) is 0 Å². The minimum Gasteiger partial charge on any atom is -0.493 e. The standard InChI is InChI=1S/C15H19ClN2O4/c1-10(19)17-6-7-18-14(20)5-4-11-8-12(16)15(22-3)13(9-11)21-2/h4-5,8-9H,6-7H2,1-3H3,(H,17,19)(H,18,20)/b5-4+. The lowest BCUT2D eigenvalue weighted by Crippen LogP contribution is -2.32. The van der Waals surface area contributed by atoms with Gasteiger partial charge in [-0.05, 0) is 23.8 Å².